The van der Waals surface area contributed by atoms with Crippen molar-refractivity contribution in [2.45, 2.75) is 45.3 Å². The van der Waals surface area contributed by atoms with E-state index in [2.05, 4.69) is 0 Å². The van der Waals surface area contributed by atoms with Gasteiger partial charge in [0.05, 0.1) is 23.7 Å². The smallest absolute Gasteiger partial charge is 0.171 e. The lowest BCUT2D eigenvalue weighted by atomic mass is 9.82. The minimum Gasteiger partial charge on any atom is -0.374 e. The van der Waals surface area contributed by atoms with Gasteiger partial charge in [0, 0.05) is 0 Å². The number of hydrogen-bond donors (Lipinski definition) is 0. The molecule has 2 saturated heterocycles. The van der Waals surface area contributed by atoms with Crippen molar-refractivity contribution in [3.8, 4) is 0 Å². The van der Waals surface area contributed by atoms with Gasteiger partial charge in [-0.25, -0.2) is 4.39 Å². The normalized spacial score (nSPS) is 29.8. The van der Waals surface area contributed by atoms with Crippen LogP contribution in [0.2, 0.25) is 0 Å². The summed E-state index contributed by atoms with van der Waals surface area (Å²) in [6.45, 7) is 3.64. The molecule has 2 aliphatic rings. The molecule has 2 aliphatic heterocycles. The first-order chi connectivity index (χ1) is 8.56. The molecule has 0 spiro atoms. The summed E-state index contributed by atoms with van der Waals surface area (Å²) in [7, 11) is 0. The summed E-state index contributed by atoms with van der Waals surface area (Å²) >= 11 is 0. The van der Waals surface area contributed by atoms with E-state index < -0.39 is 0 Å². The van der Waals surface area contributed by atoms with Crippen LogP contribution in [0.5, 0.6) is 0 Å². The predicted octanol–water partition coefficient (Wildman–Crippen LogP) is 3.19. The molecule has 0 saturated carbocycles. The minimum absolute atomic E-state index is 0.0163. The quantitative estimate of drug-likeness (QED) is 0.751. The van der Waals surface area contributed by atoms with Crippen molar-refractivity contribution in [3.05, 3.63) is 34.6 Å². The average Bonchev–Trinajstić information content (AvgIpc) is 2.88. The first kappa shape index (κ1) is 11.8. The number of benzene rings is 1. The Morgan fingerprint density at radius 1 is 1.33 bits per heavy atom. The number of ketones is 1. The van der Waals surface area contributed by atoms with Crippen molar-refractivity contribution < 1.29 is 13.9 Å². The van der Waals surface area contributed by atoms with E-state index in [-0.39, 0.29) is 35.3 Å². The standard InChI is InChI=1S/C15H17FO2/c1-8-5-9(2)14(12(16)6-8)15(17)11-7-10-3-4-13(11)18-10/h5-6,10-11,13H,3-4,7H2,1-2H3. The Bertz CT molecular complexity index is 486. The van der Waals surface area contributed by atoms with E-state index >= 15 is 0 Å². The maximum Gasteiger partial charge on any atom is 0.171 e. The van der Waals surface area contributed by atoms with Gasteiger partial charge in [-0.2, -0.15) is 0 Å². The Kier molecular flexibility index (Phi) is 2.74. The van der Waals surface area contributed by atoms with Crippen LogP contribution in [0.3, 0.4) is 0 Å². The van der Waals surface area contributed by atoms with Crippen molar-refractivity contribution in [2.24, 2.45) is 5.92 Å². The SMILES string of the molecule is Cc1cc(C)c(C(=O)C2CC3CCC2O3)c(F)c1. The first-order valence-corrected chi connectivity index (χ1v) is 6.52. The zero-order valence-electron chi connectivity index (χ0n) is 10.7. The average molecular weight is 248 g/mol. The number of aryl methyl sites for hydroxylation is 2. The van der Waals surface area contributed by atoms with Crippen LogP contribution >= 0.6 is 0 Å². The van der Waals surface area contributed by atoms with E-state index in [0.717, 1.165) is 30.4 Å². The van der Waals surface area contributed by atoms with Gasteiger partial charge >= 0.3 is 0 Å². The second kappa shape index (κ2) is 4.16. The topological polar surface area (TPSA) is 26.3 Å². The monoisotopic (exact) mass is 248 g/mol. The van der Waals surface area contributed by atoms with Gasteiger partial charge in [-0.05, 0) is 50.3 Å². The highest BCUT2D eigenvalue weighted by molar-refractivity contribution is 6.00. The van der Waals surface area contributed by atoms with E-state index in [1.165, 1.54) is 6.07 Å². The van der Waals surface area contributed by atoms with Gasteiger partial charge in [-0.1, -0.05) is 6.07 Å². The third-order valence-electron chi connectivity index (χ3n) is 4.12. The molecule has 2 bridgehead atoms. The van der Waals surface area contributed by atoms with Crippen LogP contribution in [0, 0.1) is 25.6 Å². The number of Topliss-reactive ketones (excluding diaryl/α,β-unsaturated/α-hetero) is 1. The Balaban J connectivity index is 1.93. The van der Waals surface area contributed by atoms with Crippen molar-refractivity contribution in [1.82, 2.24) is 0 Å². The highest BCUT2D eigenvalue weighted by Crippen LogP contribution is 2.40. The molecule has 96 valence electrons. The molecule has 0 radical (unpaired) electrons. The first-order valence-electron chi connectivity index (χ1n) is 6.52. The van der Waals surface area contributed by atoms with Gasteiger partial charge in [0.15, 0.2) is 5.78 Å². The van der Waals surface area contributed by atoms with Crippen LogP contribution in [0.1, 0.15) is 40.7 Å². The maximum absolute atomic E-state index is 14.0. The van der Waals surface area contributed by atoms with Gasteiger partial charge in [0.1, 0.15) is 5.82 Å². The van der Waals surface area contributed by atoms with Gasteiger partial charge in [0.2, 0.25) is 0 Å². The van der Waals surface area contributed by atoms with Crippen LogP contribution in [-0.4, -0.2) is 18.0 Å². The summed E-state index contributed by atoms with van der Waals surface area (Å²) in [6.07, 6.45) is 2.98. The molecule has 2 heterocycles. The number of rotatable bonds is 2. The molecule has 0 N–H and O–H groups in total. The fraction of sp³-hybridized carbons (Fsp3) is 0.533. The van der Waals surface area contributed by atoms with Gasteiger partial charge in [-0.3, -0.25) is 4.79 Å². The zero-order valence-corrected chi connectivity index (χ0v) is 10.7. The molecule has 1 aromatic carbocycles. The second-order valence-electron chi connectivity index (χ2n) is 5.52. The lowest BCUT2D eigenvalue weighted by Crippen LogP contribution is -2.26. The van der Waals surface area contributed by atoms with Crippen LogP contribution in [0.4, 0.5) is 4.39 Å². The summed E-state index contributed by atoms with van der Waals surface area (Å²) in [6, 6.07) is 3.30. The molecule has 3 heteroatoms. The number of carbonyl (C=O) groups excluding carboxylic acids is 1. The van der Waals surface area contributed by atoms with E-state index in [4.69, 9.17) is 4.74 Å². The second-order valence-corrected chi connectivity index (χ2v) is 5.52. The van der Waals surface area contributed by atoms with E-state index in [0.29, 0.717) is 0 Å². The van der Waals surface area contributed by atoms with Crippen LogP contribution in [0.15, 0.2) is 12.1 Å². The highest BCUT2D eigenvalue weighted by atomic mass is 19.1. The number of carbonyl (C=O) groups is 1. The molecule has 1 aromatic rings. The van der Waals surface area contributed by atoms with Crippen molar-refractivity contribution >= 4 is 5.78 Å². The molecular formula is C15H17FO2. The molecule has 0 aliphatic carbocycles. The van der Waals surface area contributed by atoms with Gasteiger partial charge < -0.3 is 4.74 Å². The highest BCUT2D eigenvalue weighted by Gasteiger charge is 2.45. The van der Waals surface area contributed by atoms with Crippen LogP contribution in [-0.2, 0) is 4.74 Å². The largest absolute Gasteiger partial charge is 0.374 e. The lowest BCUT2D eigenvalue weighted by molar-refractivity contribution is 0.0740. The summed E-state index contributed by atoms with van der Waals surface area (Å²) < 4.78 is 19.7. The molecule has 3 unspecified atom stereocenters. The van der Waals surface area contributed by atoms with Gasteiger partial charge in [0.25, 0.3) is 0 Å². The molecule has 18 heavy (non-hydrogen) atoms. The summed E-state index contributed by atoms with van der Waals surface area (Å²) in [5.74, 6) is -0.600. The fourth-order valence-corrected chi connectivity index (χ4v) is 3.33. The Morgan fingerprint density at radius 3 is 2.67 bits per heavy atom. The molecule has 2 fully saturated rings. The molecular weight excluding hydrogens is 231 g/mol. The van der Waals surface area contributed by atoms with E-state index in [1.54, 1.807) is 6.92 Å². The maximum atomic E-state index is 14.0. The van der Waals surface area contributed by atoms with Crippen LogP contribution in [0.25, 0.3) is 0 Å². The Labute approximate surface area is 106 Å². The number of halogens is 1. The van der Waals surface area contributed by atoms with Crippen molar-refractivity contribution in [3.63, 3.8) is 0 Å². The van der Waals surface area contributed by atoms with Gasteiger partial charge in [-0.15, -0.1) is 0 Å². The predicted molar refractivity (Wildman–Crippen MR) is 66.2 cm³/mol. The summed E-state index contributed by atoms with van der Waals surface area (Å²) in [4.78, 5) is 12.5. The summed E-state index contributed by atoms with van der Waals surface area (Å²) in [5, 5.41) is 0. The molecule has 0 amide bonds. The third-order valence-corrected chi connectivity index (χ3v) is 4.12. The summed E-state index contributed by atoms with van der Waals surface area (Å²) in [5.41, 5.74) is 1.85. The molecule has 2 nitrogen and oxygen atoms in total. The molecule has 3 rings (SSSR count). The number of ether oxygens (including phenoxy) is 1. The Hall–Kier alpha value is -1.22. The molecule has 3 atom stereocenters. The minimum atomic E-state index is -0.389. The number of hydrogen-bond acceptors (Lipinski definition) is 2. The molecule has 0 aromatic heterocycles. The zero-order chi connectivity index (χ0) is 12.9. The van der Waals surface area contributed by atoms with Crippen molar-refractivity contribution in [1.29, 1.82) is 0 Å². The van der Waals surface area contributed by atoms with E-state index in [1.807, 2.05) is 13.0 Å². The fourth-order valence-electron chi connectivity index (χ4n) is 3.33. The third kappa shape index (κ3) is 1.77. The van der Waals surface area contributed by atoms with Crippen molar-refractivity contribution in [2.75, 3.05) is 0 Å². The van der Waals surface area contributed by atoms with E-state index in [9.17, 15) is 9.18 Å². The lowest BCUT2D eigenvalue weighted by Gasteiger charge is -2.18. The Morgan fingerprint density at radius 2 is 2.11 bits per heavy atom. The number of fused-ring (bicyclic) bond motifs is 2. The van der Waals surface area contributed by atoms with Crippen LogP contribution < -0.4 is 0 Å².